The maximum Gasteiger partial charge on any atom is 0.391 e. The number of hydrogen-bond donors (Lipinski definition) is 1. The summed E-state index contributed by atoms with van der Waals surface area (Å²) >= 11 is 0. The van der Waals surface area contributed by atoms with Crippen LogP contribution in [0.2, 0.25) is 0 Å². The van der Waals surface area contributed by atoms with Crippen molar-refractivity contribution in [2.75, 3.05) is 7.05 Å². The van der Waals surface area contributed by atoms with Gasteiger partial charge in [-0.05, 0) is 38.6 Å². The van der Waals surface area contributed by atoms with Gasteiger partial charge in [-0.1, -0.05) is 26.2 Å². The highest BCUT2D eigenvalue weighted by atomic mass is 19.4. The van der Waals surface area contributed by atoms with E-state index < -0.39 is 12.1 Å². The third-order valence-electron chi connectivity index (χ3n) is 3.99. The molecule has 0 heterocycles. The number of hydrogen-bond acceptors (Lipinski definition) is 1. The van der Waals surface area contributed by atoms with Crippen LogP contribution >= 0.6 is 0 Å². The molecule has 0 aromatic carbocycles. The first-order valence-electron chi connectivity index (χ1n) is 6.73. The van der Waals surface area contributed by atoms with Gasteiger partial charge in [-0.2, -0.15) is 13.2 Å². The smallest absolute Gasteiger partial charge is 0.317 e. The molecule has 1 aliphatic carbocycles. The third-order valence-corrected chi connectivity index (χ3v) is 3.99. The van der Waals surface area contributed by atoms with Gasteiger partial charge >= 0.3 is 6.18 Å². The molecule has 1 N–H and O–H groups in total. The molecule has 17 heavy (non-hydrogen) atoms. The third kappa shape index (κ3) is 4.49. The van der Waals surface area contributed by atoms with E-state index in [0.29, 0.717) is 12.8 Å². The number of unbranched alkanes of at least 4 members (excludes halogenated alkanes) is 1. The van der Waals surface area contributed by atoms with E-state index in [2.05, 4.69) is 12.2 Å². The topological polar surface area (TPSA) is 12.0 Å². The zero-order valence-corrected chi connectivity index (χ0v) is 10.8. The van der Waals surface area contributed by atoms with E-state index in [9.17, 15) is 13.2 Å². The van der Waals surface area contributed by atoms with Crippen LogP contribution in [0.5, 0.6) is 0 Å². The van der Waals surface area contributed by atoms with Crippen molar-refractivity contribution < 1.29 is 13.2 Å². The van der Waals surface area contributed by atoms with Gasteiger partial charge in [0.25, 0.3) is 0 Å². The van der Waals surface area contributed by atoms with Crippen LogP contribution in [-0.2, 0) is 0 Å². The first-order chi connectivity index (χ1) is 7.99. The van der Waals surface area contributed by atoms with Crippen LogP contribution in [0.15, 0.2) is 0 Å². The van der Waals surface area contributed by atoms with Crippen molar-refractivity contribution in [3.63, 3.8) is 0 Å². The van der Waals surface area contributed by atoms with Crippen molar-refractivity contribution in [3.05, 3.63) is 0 Å². The molecule has 0 bridgehead atoms. The monoisotopic (exact) mass is 251 g/mol. The molecule has 0 radical (unpaired) electrons. The van der Waals surface area contributed by atoms with Crippen molar-refractivity contribution in [3.8, 4) is 0 Å². The Morgan fingerprint density at radius 1 is 1.29 bits per heavy atom. The Balaban J connectivity index is 2.52. The Labute approximate surface area is 102 Å². The number of halogens is 3. The zero-order chi connectivity index (χ0) is 12.9. The molecule has 0 saturated heterocycles. The van der Waals surface area contributed by atoms with Crippen molar-refractivity contribution in [1.82, 2.24) is 5.32 Å². The van der Waals surface area contributed by atoms with Crippen molar-refractivity contribution in [1.29, 1.82) is 0 Å². The summed E-state index contributed by atoms with van der Waals surface area (Å²) < 4.78 is 38.1. The minimum absolute atomic E-state index is 0.201. The molecular formula is C13H24F3N. The minimum atomic E-state index is -4.00. The fourth-order valence-electron chi connectivity index (χ4n) is 2.93. The lowest BCUT2D eigenvalue weighted by atomic mass is 9.76. The molecule has 0 aliphatic heterocycles. The fraction of sp³-hybridized carbons (Fsp3) is 1.00. The van der Waals surface area contributed by atoms with Crippen LogP contribution in [0.3, 0.4) is 0 Å². The molecule has 1 fully saturated rings. The van der Waals surface area contributed by atoms with Crippen LogP contribution in [0.4, 0.5) is 13.2 Å². The molecule has 1 nitrogen and oxygen atoms in total. The summed E-state index contributed by atoms with van der Waals surface area (Å²) in [5.74, 6) is -0.870. The quantitative estimate of drug-likeness (QED) is 0.774. The maximum atomic E-state index is 12.7. The first kappa shape index (κ1) is 14.8. The predicted octanol–water partition coefficient (Wildman–Crippen LogP) is 4.13. The Morgan fingerprint density at radius 3 is 2.53 bits per heavy atom. The number of rotatable bonds is 5. The Kier molecular flexibility index (Phi) is 5.77. The normalized spacial score (nSPS) is 28.1. The predicted molar refractivity (Wildman–Crippen MR) is 63.9 cm³/mol. The second kappa shape index (κ2) is 6.62. The lowest BCUT2D eigenvalue weighted by molar-refractivity contribution is -0.186. The molecule has 0 aromatic rings. The van der Waals surface area contributed by atoms with E-state index in [1.54, 1.807) is 0 Å². The Hall–Kier alpha value is -0.250. The van der Waals surface area contributed by atoms with E-state index in [-0.39, 0.29) is 12.0 Å². The van der Waals surface area contributed by atoms with Crippen LogP contribution in [0, 0.1) is 11.8 Å². The average Bonchev–Trinajstić information content (AvgIpc) is 2.29. The summed E-state index contributed by atoms with van der Waals surface area (Å²) in [4.78, 5) is 0. The van der Waals surface area contributed by atoms with Crippen LogP contribution in [0.25, 0.3) is 0 Å². The molecule has 102 valence electrons. The molecule has 0 amide bonds. The van der Waals surface area contributed by atoms with Gasteiger partial charge in [-0.15, -0.1) is 0 Å². The van der Waals surface area contributed by atoms with Gasteiger partial charge in [-0.25, -0.2) is 0 Å². The van der Waals surface area contributed by atoms with Crippen LogP contribution in [-0.4, -0.2) is 19.3 Å². The van der Waals surface area contributed by atoms with Crippen molar-refractivity contribution in [2.24, 2.45) is 11.8 Å². The lowest BCUT2D eigenvalue weighted by Gasteiger charge is -2.35. The molecule has 1 rings (SSSR count). The zero-order valence-electron chi connectivity index (χ0n) is 10.8. The summed E-state index contributed by atoms with van der Waals surface area (Å²) in [5.41, 5.74) is 0. The number of alkyl halides is 3. The minimum Gasteiger partial charge on any atom is -0.317 e. The van der Waals surface area contributed by atoms with Gasteiger partial charge in [0.05, 0.1) is 5.92 Å². The lowest BCUT2D eigenvalue weighted by Crippen LogP contribution is -2.39. The first-order valence-corrected chi connectivity index (χ1v) is 6.73. The molecule has 1 aliphatic rings. The van der Waals surface area contributed by atoms with E-state index in [1.165, 1.54) is 0 Å². The molecule has 0 aromatic heterocycles. The summed E-state index contributed by atoms with van der Waals surface area (Å²) in [6.07, 6.45) is 1.51. The molecular weight excluding hydrogens is 227 g/mol. The van der Waals surface area contributed by atoms with Crippen molar-refractivity contribution >= 4 is 0 Å². The Morgan fingerprint density at radius 2 is 2.00 bits per heavy atom. The SMILES string of the molecule is CCCCC(NC)C1CCCC(C(F)(F)F)C1. The van der Waals surface area contributed by atoms with Gasteiger partial charge in [0.2, 0.25) is 0 Å². The van der Waals surface area contributed by atoms with Crippen molar-refractivity contribution in [2.45, 2.75) is 64.1 Å². The summed E-state index contributed by atoms with van der Waals surface area (Å²) in [7, 11) is 1.87. The van der Waals surface area contributed by atoms with Gasteiger partial charge < -0.3 is 5.32 Å². The highest BCUT2D eigenvalue weighted by molar-refractivity contribution is 4.84. The van der Waals surface area contributed by atoms with Crippen LogP contribution in [0.1, 0.15) is 51.9 Å². The molecule has 3 atom stereocenters. The van der Waals surface area contributed by atoms with Crippen LogP contribution < -0.4 is 5.32 Å². The van der Waals surface area contributed by atoms with Gasteiger partial charge in [0, 0.05) is 6.04 Å². The van der Waals surface area contributed by atoms with E-state index in [0.717, 1.165) is 32.1 Å². The van der Waals surface area contributed by atoms with Gasteiger partial charge in [-0.3, -0.25) is 0 Å². The standard InChI is InChI=1S/C13H24F3N/c1-3-4-8-12(17-2)10-6-5-7-11(9-10)13(14,15)16/h10-12,17H,3-9H2,1-2H3. The number of nitrogens with one attached hydrogen (secondary N) is 1. The second-order valence-electron chi connectivity index (χ2n) is 5.20. The van der Waals surface area contributed by atoms with Gasteiger partial charge in [0.15, 0.2) is 0 Å². The highest BCUT2D eigenvalue weighted by Crippen LogP contribution is 2.41. The molecule has 1 saturated carbocycles. The Bertz CT molecular complexity index is 215. The molecule has 0 spiro atoms. The van der Waals surface area contributed by atoms with E-state index >= 15 is 0 Å². The largest absolute Gasteiger partial charge is 0.391 e. The summed E-state index contributed by atoms with van der Waals surface area (Å²) in [6, 6.07) is 0.264. The summed E-state index contributed by atoms with van der Waals surface area (Å²) in [5, 5.41) is 3.21. The molecule has 4 heteroatoms. The fourth-order valence-corrected chi connectivity index (χ4v) is 2.93. The summed E-state index contributed by atoms with van der Waals surface area (Å²) in [6.45, 7) is 2.12. The van der Waals surface area contributed by atoms with E-state index in [1.807, 2.05) is 7.05 Å². The van der Waals surface area contributed by atoms with Gasteiger partial charge in [0.1, 0.15) is 0 Å². The highest BCUT2D eigenvalue weighted by Gasteiger charge is 2.43. The average molecular weight is 251 g/mol. The van der Waals surface area contributed by atoms with E-state index in [4.69, 9.17) is 0 Å². The molecule has 3 unspecified atom stereocenters. The maximum absolute atomic E-state index is 12.7. The second-order valence-corrected chi connectivity index (χ2v) is 5.20.